The van der Waals surface area contributed by atoms with Gasteiger partial charge in [-0.05, 0) is 29.8 Å². The van der Waals surface area contributed by atoms with Gasteiger partial charge in [0.15, 0.2) is 0 Å². The van der Waals surface area contributed by atoms with E-state index in [1.165, 1.54) is 0 Å². The van der Waals surface area contributed by atoms with Crippen molar-refractivity contribution in [3.63, 3.8) is 0 Å². The number of ether oxygens (including phenoxy) is 1. The molecule has 0 saturated heterocycles. The van der Waals surface area contributed by atoms with Gasteiger partial charge in [-0.25, -0.2) is 9.69 Å². The number of hydrogen-bond acceptors (Lipinski definition) is 2. The predicted octanol–water partition coefficient (Wildman–Crippen LogP) is 5.16. The van der Waals surface area contributed by atoms with E-state index >= 15 is 0 Å². The highest BCUT2D eigenvalue weighted by Gasteiger charge is 2.19. The molecule has 3 nitrogen and oxygen atoms in total. The van der Waals surface area contributed by atoms with Gasteiger partial charge in [-0.1, -0.05) is 66.7 Å². The summed E-state index contributed by atoms with van der Waals surface area (Å²) in [5.74, 6) is 0. The molecule has 0 saturated carbocycles. The zero-order valence-electron chi connectivity index (χ0n) is 12.6. The summed E-state index contributed by atoms with van der Waals surface area (Å²) in [5, 5.41) is 0. The molecule has 0 aromatic heterocycles. The number of anilines is 2. The van der Waals surface area contributed by atoms with E-state index < -0.39 is 6.09 Å². The van der Waals surface area contributed by atoms with Crippen molar-refractivity contribution in [3.05, 3.63) is 96.6 Å². The van der Waals surface area contributed by atoms with Crippen molar-refractivity contribution in [1.29, 1.82) is 0 Å². The van der Waals surface area contributed by atoms with Crippen molar-refractivity contribution < 1.29 is 9.53 Å². The highest BCUT2D eigenvalue weighted by molar-refractivity contribution is 5.95. The Balaban J connectivity index is 1.82. The van der Waals surface area contributed by atoms with Crippen LogP contribution < -0.4 is 4.90 Å². The molecule has 0 N–H and O–H groups in total. The molecule has 0 heterocycles. The number of benzene rings is 3. The second-order valence-electron chi connectivity index (χ2n) is 5.05. The van der Waals surface area contributed by atoms with Crippen molar-refractivity contribution in [1.82, 2.24) is 0 Å². The molecule has 23 heavy (non-hydrogen) atoms. The molecular weight excluding hydrogens is 286 g/mol. The van der Waals surface area contributed by atoms with Crippen LogP contribution in [-0.4, -0.2) is 6.09 Å². The second-order valence-corrected chi connectivity index (χ2v) is 5.05. The van der Waals surface area contributed by atoms with Crippen LogP contribution in [0.25, 0.3) is 0 Å². The Morgan fingerprint density at radius 2 is 1.13 bits per heavy atom. The Kier molecular flexibility index (Phi) is 4.69. The quantitative estimate of drug-likeness (QED) is 0.666. The topological polar surface area (TPSA) is 29.5 Å². The van der Waals surface area contributed by atoms with Gasteiger partial charge in [0.25, 0.3) is 0 Å². The Bertz CT molecular complexity index is 703. The molecule has 0 aliphatic rings. The van der Waals surface area contributed by atoms with Crippen molar-refractivity contribution in [2.24, 2.45) is 0 Å². The molecule has 0 aliphatic carbocycles. The molecule has 0 fully saturated rings. The van der Waals surface area contributed by atoms with Gasteiger partial charge in [-0.3, -0.25) is 0 Å². The van der Waals surface area contributed by atoms with Gasteiger partial charge in [-0.15, -0.1) is 0 Å². The summed E-state index contributed by atoms with van der Waals surface area (Å²) < 4.78 is 5.49. The molecule has 3 aromatic carbocycles. The molecular formula is C20H17NO2. The SMILES string of the molecule is O=C(OCc1ccccc1)N(c1ccccc1)c1ccccc1. The van der Waals surface area contributed by atoms with Crippen LogP contribution in [0.3, 0.4) is 0 Å². The summed E-state index contributed by atoms with van der Waals surface area (Å²) in [7, 11) is 0. The molecule has 3 heteroatoms. The average Bonchev–Trinajstić information content (AvgIpc) is 2.63. The normalized spacial score (nSPS) is 10.1. The van der Waals surface area contributed by atoms with E-state index in [4.69, 9.17) is 4.74 Å². The van der Waals surface area contributed by atoms with Crippen molar-refractivity contribution in [2.45, 2.75) is 6.61 Å². The maximum absolute atomic E-state index is 12.6. The summed E-state index contributed by atoms with van der Waals surface area (Å²) in [4.78, 5) is 14.2. The number of nitrogens with zero attached hydrogens (tertiary/aromatic N) is 1. The Morgan fingerprint density at radius 1 is 0.696 bits per heavy atom. The fourth-order valence-electron chi connectivity index (χ4n) is 2.30. The number of rotatable bonds is 4. The molecule has 3 aromatic rings. The van der Waals surface area contributed by atoms with E-state index in [2.05, 4.69) is 0 Å². The highest BCUT2D eigenvalue weighted by atomic mass is 16.6. The second kappa shape index (κ2) is 7.27. The monoisotopic (exact) mass is 303 g/mol. The van der Waals surface area contributed by atoms with E-state index in [1.807, 2.05) is 91.0 Å². The van der Waals surface area contributed by atoms with Gasteiger partial charge >= 0.3 is 6.09 Å². The summed E-state index contributed by atoms with van der Waals surface area (Å²) in [5.41, 5.74) is 2.51. The molecule has 0 aliphatic heterocycles. The fraction of sp³-hybridized carbons (Fsp3) is 0.0500. The largest absolute Gasteiger partial charge is 0.444 e. The smallest absolute Gasteiger partial charge is 0.419 e. The molecule has 114 valence electrons. The first kappa shape index (κ1) is 14.9. The van der Waals surface area contributed by atoms with Crippen LogP contribution in [0.1, 0.15) is 5.56 Å². The minimum absolute atomic E-state index is 0.246. The Labute approximate surface area is 135 Å². The number of para-hydroxylation sites is 2. The summed E-state index contributed by atoms with van der Waals surface area (Å²) >= 11 is 0. The molecule has 3 rings (SSSR count). The zero-order chi connectivity index (χ0) is 15.9. The van der Waals surface area contributed by atoms with Gasteiger partial charge < -0.3 is 4.74 Å². The van der Waals surface area contributed by atoms with Crippen LogP contribution in [0.4, 0.5) is 16.2 Å². The third-order valence-electron chi connectivity index (χ3n) is 3.42. The minimum atomic E-state index is -0.397. The van der Waals surface area contributed by atoms with Gasteiger partial charge in [0.2, 0.25) is 0 Å². The van der Waals surface area contributed by atoms with Crippen LogP contribution in [0.2, 0.25) is 0 Å². The molecule has 0 bridgehead atoms. The van der Waals surface area contributed by atoms with Gasteiger partial charge in [0.1, 0.15) is 6.61 Å². The van der Waals surface area contributed by atoms with Crippen LogP contribution >= 0.6 is 0 Å². The van der Waals surface area contributed by atoms with E-state index in [0.717, 1.165) is 16.9 Å². The van der Waals surface area contributed by atoms with Crippen molar-refractivity contribution in [2.75, 3.05) is 4.90 Å². The van der Waals surface area contributed by atoms with Gasteiger partial charge in [0, 0.05) is 0 Å². The first-order valence-corrected chi connectivity index (χ1v) is 7.45. The number of carbonyl (C=O) groups excluding carboxylic acids is 1. The Morgan fingerprint density at radius 3 is 1.61 bits per heavy atom. The van der Waals surface area contributed by atoms with E-state index in [0.29, 0.717) is 0 Å². The van der Waals surface area contributed by atoms with Crippen LogP contribution in [0, 0.1) is 0 Å². The molecule has 1 amide bonds. The lowest BCUT2D eigenvalue weighted by Gasteiger charge is -2.22. The van der Waals surface area contributed by atoms with Crippen LogP contribution in [0.15, 0.2) is 91.0 Å². The lowest BCUT2D eigenvalue weighted by Crippen LogP contribution is -2.26. The standard InChI is InChI=1S/C20H17NO2/c22-20(23-16-17-10-4-1-5-11-17)21(18-12-6-2-7-13-18)19-14-8-3-9-15-19/h1-15H,16H2. The predicted molar refractivity (Wildman–Crippen MR) is 91.7 cm³/mol. The maximum atomic E-state index is 12.6. The lowest BCUT2D eigenvalue weighted by molar-refractivity contribution is 0.150. The van der Waals surface area contributed by atoms with E-state index in [1.54, 1.807) is 4.90 Å². The molecule has 0 unspecified atom stereocenters. The number of hydrogen-bond donors (Lipinski definition) is 0. The maximum Gasteiger partial charge on any atom is 0.419 e. The first-order valence-electron chi connectivity index (χ1n) is 7.45. The van der Waals surface area contributed by atoms with Crippen LogP contribution in [-0.2, 0) is 11.3 Å². The minimum Gasteiger partial charge on any atom is -0.444 e. The summed E-state index contributed by atoms with van der Waals surface area (Å²) in [6.07, 6.45) is -0.397. The molecule has 0 radical (unpaired) electrons. The van der Waals surface area contributed by atoms with Gasteiger partial charge in [-0.2, -0.15) is 0 Å². The number of amides is 1. The van der Waals surface area contributed by atoms with E-state index in [9.17, 15) is 4.79 Å². The van der Waals surface area contributed by atoms with Gasteiger partial charge in [0.05, 0.1) is 11.4 Å². The third-order valence-corrected chi connectivity index (χ3v) is 3.42. The molecule has 0 spiro atoms. The molecule has 0 atom stereocenters. The summed E-state index contributed by atoms with van der Waals surface area (Å²) in [6.45, 7) is 0.246. The lowest BCUT2D eigenvalue weighted by atomic mass is 10.2. The average molecular weight is 303 g/mol. The highest BCUT2D eigenvalue weighted by Crippen LogP contribution is 2.26. The number of carbonyl (C=O) groups is 1. The van der Waals surface area contributed by atoms with E-state index in [-0.39, 0.29) is 6.61 Å². The third kappa shape index (κ3) is 3.77. The fourth-order valence-corrected chi connectivity index (χ4v) is 2.30. The van der Waals surface area contributed by atoms with Crippen LogP contribution in [0.5, 0.6) is 0 Å². The summed E-state index contributed by atoms with van der Waals surface area (Å²) in [6, 6.07) is 28.6. The zero-order valence-corrected chi connectivity index (χ0v) is 12.6. The van der Waals surface area contributed by atoms with Crippen molar-refractivity contribution in [3.8, 4) is 0 Å². The Hall–Kier alpha value is -3.07. The first-order chi connectivity index (χ1) is 11.3. The van der Waals surface area contributed by atoms with Crippen molar-refractivity contribution >= 4 is 17.5 Å².